The molecule has 0 saturated carbocycles. The van der Waals surface area contributed by atoms with Crippen LogP contribution in [-0.2, 0) is 19.1 Å². The van der Waals surface area contributed by atoms with Crippen LogP contribution in [0.5, 0.6) is 0 Å². The van der Waals surface area contributed by atoms with E-state index in [-0.39, 0.29) is 18.1 Å². The van der Waals surface area contributed by atoms with Gasteiger partial charge in [0.1, 0.15) is 0 Å². The molecule has 2 N–H and O–H groups in total. The summed E-state index contributed by atoms with van der Waals surface area (Å²) in [6, 6.07) is 0. The van der Waals surface area contributed by atoms with Gasteiger partial charge in [-0.15, -0.1) is 11.6 Å². The molecule has 0 aliphatic heterocycles. The number of aliphatic hydroxyl groups excluding tert-OH is 1. The molecule has 8 heteroatoms. The van der Waals surface area contributed by atoms with Crippen LogP contribution in [0, 0.1) is 5.41 Å². The van der Waals surface area contributed by atoms with Crippen LogP contribution in [0.2, 0.25) is 0 Å². The molecule has 0 aromatic heterocycles. The van der Waals surface area contributed by atoms with Crippen molar-refractivity contribution in [3.63, 3.8) is 0 Å². The van der Waals surface area contributed by atoms with Crippen molar-refractivity contribution in [2.24, 2.45) is 5.41 Å². The Kier molecular flexibility index (Phi) is 6.39. The van der Waals surface area contributed by atoms with Crippen LogP contribution < -0.4 is 0 Å². The van der Waals surface area contributed by atoms with Crippen molar-refractivity contribution >= 4 is 27.7 Å². The first-order valence-electron chi connectivity index (χ1n) is 4.96. The number of halogens is 1. The third kappa shape index (κ3) is 6.21. The van der Waals surface area contributed by atoms with Crippen LogP contribution in [-0.4, -0.2) is 48.9 Å². The minimum atomic E-state index is -3.72. The molecule has 0 aliphatic rings. The van der Waals surface area contributed by atoms with Crippen molar-refractivity contribution in [2.45, 2.75) is 26.4 Å². The molecule has 0 radical (unpaired) electrons. The summed E-state index contributed by atoms with van der Waals surface area (Å²) in [4.78, 5) is 10.6. The van der Waals surface area contributed by atoms with Crippen LogP contribution in [0.25, 0.3) is 0 Å². The summed E-state index contributed by atoms with van der Waals surface area (Å²) in [7, 11) is -3.72. The van der Waals surface area contributed by atoms with Gasteiger partial charge in [0.05, 0.1) is 12.4 Å². The van der Waals surface area contributed by atoms with Gasteiger partial charge in [-0.1, -0.05) is 13.8 Å². The van der Waals surface area contributed by atoms with Gasteiger partial charge in [-0.25, -0.2) is 4.79 Å². The van der Waals surface area contributed by atoms with Gasteiger partial charge in [0, 0.05) is 11.3 Å². The van der Waals surface area contributed by atoms with Crippen molar-refractivity contribution < 1.29 is 27.6 Å². The van der Waals surface area contributed by atoms with Gasteiger partial charge in [-0.2, -0.15) is 8.42 Å². The Morgan fingerprint density at radius 2 is 2.00 bits per heavy atom. The van der Waals surface area contributed by atoms with E-state index in [1.54, 1.807) is 0 Å². The smallest absolute Gasteiger partial charge is 0.333 e. The zero-order chi connectivity index (χ0) is 13.7. The molecular weight excluding hydrogens is 272 g/mol. The fraction of sp³-hybridized carbons (Fsp3) is 0.889. The van der Waals surface area contributed by atoms with Crippen molar-refractivity contribution in [2.75, 3.05) is 18.2 Å². The molecule has 102 valence electrons. The summed E-state index contributed by atoms with van der Waals surface area (Å²) < 4.78 is 27.3. The maximum atomic E-state index is 11.3. The number of hydrogen-bond acceptors (Lipinski definition) is 5. The Morgan fingerprint density at radius 3 is 2.41 bits per heavy atom. The molecule has 6 nitrogen and oxygen atoms in total. The monoisotopic (exact) mass is 288 g/mol. The first kappa shape index (κ1) is 16.6. The van der Waals surface area contributed by atoms with Crippen molar-refractivity contribution in [3.05, 3.63) is 0 Å². The van der Waals surface area contributed by atoms with Crippen molar-refractivity contribution in [3.8, 4) is 0 Å². The summed E-state index contributed by atoms with van der Waals surface area (Å²) in [5.41, 5.74) is -1.19. The molecule has 0 saturated heterocycles. The Labute approximate surface area is 106 Å². The second-order valence-electron chi connectivity index (χ2n) is 4.30. The predicted molar refractivity (Wildman–Crippen MR) is 62.5 cm³/mol. The summed E-state index contributed by atoms with van der Waals surface area (Å²) in [6.45, 7) is 2.41. The van der Waals surface area contributed by atoms with Crippen LogP contribution >= 0.6 is 11.6 Å². The lowest BCUT2D eigenvalue weighted by molar-refractivity contribution is -0.154. The largest absolute Gasteiger partial charge is 0.479 e. The zero-order valence-electron chi connectivity index (χ0n) is 9.72. The molecule has 0 heterocycles. The highest BCUT2D eigenvalue weighted by molar-refractivity contribution is 7.86. The van der Waals surface area contributed by atoms with E-state index in [4.69, 9.17) is 16.7 Å². The molecular formula is C9H17ClO6S. The van der Waals surface area contributed by atoms with Crippen LogP contribution in [0.3, 0.4) is 0 Å². The minimum absolute atomic E-state index is 0.198. The zero-order valence-corrected chi connectivity index (χ0v) is 11.3. The Balaban J connectivity index is 4.40. The standard InChI is InChI=1S/C9H17ClO6S/c1-9(2,7(11)8(12)13)6-16-17(14,15)5-3-4-10/h7,11H,3-6H2,1-2H3,(H,12,13). The summed E-state index contributed by atoms with van der Waals surface area (Å²) in [5.74, 6) is -1.45. The number of hydrogen-bond donors (Lipinski definition) is 2. The predicted octanol–water partition coefficient (Wildman–Crippen LogP) is 0.433. The highest BCUT2D eigenvalue weighted by Gasteiger charge is 2.35. The van der Waals surface area contributed by atoms with Gasteiger partial charge in [-0.05, 0) is 6.42 Å². The molecule has 0 aliphatic carbocycles. The summed E-state index contributed by atoms with van der Waals surface area (Å²) >= 11 is 5.35. The van der Waals surface area contributed by atoms with E-state index in [1.807, 2.05) is 0 Å². The molecule has 1 unspecified atom stereocenters. The molecule has 0 aromatic rings. The fourth-order valence-electron chi connectivity index (χ4n) is 0.945. The van der Waals surface area contributed by atoms with E-state index in [9.17, 15) is 18.3 Å². The normalized spacial score (nSPS) is 14.6. The van der Waals surface area contributed by atoms with Crippen LogP contribution in [0.15, 0.2) is 0 Å². The van der Waals surface area contributed by atoms with Crippen LogP contribution in [0.4, 0.5) is 0 Å². The Bertz CT molecular complexity index is 350. The summed E-state index contributed by atoms with van der Waals surface area (Å²) in [6.07, 6.45) is -1.43. The lowest BCUT2D eigenvalue weighted by atomic mass is 9.88. The second kappa shape index (κ2) is 6.53. The van der Waals surface area contributed by atoms with Gasteiger partial charge in [0.15, 0.2) is 6.10 Å². The topological polar surface area (TPSA) is 101 Å². The van der Waals surface area contributed by atoms with E-state index >= 15 is 0 Å². The second-order valence-corrected chi connectivity index (χ2v) is 6.43. The number of rotatable bonds is 8. The SMILES string of the molecule is CC(C)(COS(=O)(=O)CCCCl)C(O)C(=O)O. The third-order valence-electron chi connectivity index (χ3n) is 2.11. The molecule has 0 spiro atoms. The van der Waals surface area contributed by atoms with Gasteiger partial charge in [0.2, 0.25) is 0 Å². The number of aliphatic carboxylic acids is 1. The van der Waals surface area contributed by atoms with Gasteiger partial charge >= 0.3 is 5.97 Å². The molecule has 0 amide bonds. The van der Waals surface area contributed by atoms with E-state index < -0.39 is 34.2 Å². The quantitative estimate of drug-likeness (QED) is 0.496. The van der Waals surface area contributed by atoms with E-state index in [0.717, 1.165) is 0 Å². The Hall–Kier alpha value is -0.370. The molecule has 0 bridgehead atoms. The van der Waals surface area contributed by atoms with E-state index in [1.165, 1.54) is 13.8 Å². The average molecular weight is 289 g/mol. The van der Waals surface area contributed by atoms with E-state index in [0.29, 0.717) is 0 Å². The van der Waals surface area contributed by atoms with Crippen molar-refractivity contribution in [1.82, 2.24) is 0 Å². The highest BCUT2D eigenvalue weighted by atomic mass is 35.5. The first-order valence-corrected chi connectivity index (χ1v) is 7.07. The molecule has 1 atom stereocenters. The maximum absolute atomic E-state index is 11.3. The molecule has 17 heavy (non-hydrogen) atoms. The first-order chi connectivity index (χ1) is 7.62. The van der Waals surface area contributed by atoms with Gasteiger partial charge in [0.25, 0.3) is 10.1 Å². The van der Waals surface area contributed by atoms with E-state index in [2.05, 4.69) is 4.18 Å². The number of alkyl halides is 1. The maximum Gasteiger partial charge on any atom is 0.333 e. The average Bonchev–Trinajstić information content (AvgIpc) is 2.23. The van der Waals surface area contributed by atoms with Crippen molar-refractivity contribution in [1.29, 1.82) is 0 Å². The third-order valence-corrected chi connectivity index (χ3v) is 3.65. The molecule has 0 fully saturated rings. The number of carbonyl (C=O) groups is 1. The lowest BCUT2D eigenvalue weighted by Gasteiger charge is -2.26. The highest BCUT2D eigenvalue weighted by Crippen LogP contribution is 2.22. The number of aliphatic hydroxyl groups is 1. The summed E-state index contributed by atoms with van der Waals surface area (Å²) in [5, 5.41) is 17.9. The van der Waals surface area contributed by atoms with Gasteiger partial charge in [-0.3, -0.25) is 4.18 Å². The minimum Gasteiger partial charge on any atom is -0.479 e. The molecule has 0 rings (SSSR count). The Morgan fingerprint density at radius 1 is 1.47 bits per heavy atom. The fourth-order valence-corrected chi connectivity index (χ4v) is 2.34. The number of carboxylic acids is 1. The lowest BCUT2D eigenvalue weighted by Crippen LogP contribution is -2.40. The van der Waals surface area contributed by atoms with Gasteiger partial charge < -0.3 is 10.2 Å². The molecule has 0 aromatic carbocycles. The number of carboxylic acid groups (broad SMARTS) is 1. The van der Waals surface area contributed by atoms with Crippen LogP contribution in [0.1, 0.15) is 20.3 Å².